The third-order valence-electron chi connectivity index (χ3n) is 3.02. The molecule has 0 atom stereocenters. The summed E-state index contributed by atoms with van der Waals surface area (Å²) < 4.78 is 2.19. The number of benzene rings is 2. The minimum Gasteiger partial charge on any atom is -0.297 e. The number of hydrogen-bond donors (Lipinski definition) is 0. The highest BCUT2D eigenvalue weighted by molar-refractivity contribution is 5.78. The van der Waals surface area contributed by atoms with Crippen molar-refractivity contribution in [2.75, 3.05) is 0 Å². The molecule has 1 aromatic heterocycles. The zero-order valence-corrected chi connectivity index (χ0v) is 10.0. The van der Waals surface area contributed by atoms with E-state index >= 15 is 0 Å². The Hall–Kier alpha value is -2.09. The van der Waals surface area contributed by atoms with Crippen molar-refractivity contribution in [2.45, 2.75) is 13.8 Å². The fourth-order valence-electron chi connectivity index (χ4n) is 2.17. The number of aryl methyl sites for hydroxylation is 2. The summed E-state index contributed by atoms with van der Waals surface area (Å²) in [5.74, 6) is 1.02. The third kappa shape index (κ3) is 1.62. The molecular formula is C15H14N2. The molecule has 0 spiro atoms. The Morgan fingerprint density at radius 2 is 1.59 bits per heavy atom. The molecule has 17 heavy (non-hydrogen) atoms. The molecular weight excluding hydrogens is 208 g/mol. The van der Waals surface area contributed by atoms with Gasteiger partial charge in [0.25, 0.3) is 0 Å². The van der Waals surface area contributed by atoms with Crippen LogP contribution < -0.4 is 0 Å². The van der Waals surface area contributed by atoms with Gasteiger partial charge in [-0.1, -0.05) is 29.8 Å². The molecule has 0 amide bonds. The van der Waals surface area contributed by atoms with Crippen molar-refractivity contribution in [3.8, 4) is 5.69 Å². The number of fused-ring (bicyclic) bond motifs is 1. The van der Waals surface area contributed by atoms with Crippen molar-refractivity contribution in [3.05, 3.63) is 59.9 Å². The quantitative estimate of drug-likeness (QED) is 0.614. The van der Waals surface area contributed by atoms with Crippen molar-refractivity contribution in [3.63, 3.8) is 0 Å². The first-order valence-corrected chi connectivity index (χ1v) is 5.77. The van der Waals surface area contributed by atoms with Crippen molar-refractivity contribution >= 4 is 11.0 Å². The van der Waals surface area contributed by atoms with E-state index in [4.69, 9.17) is 0 Å². The van der Waals surface area contributed by atoms with Gasteiger partial charge in [0.2, 0.25) is 0 Å². The number of rotatable bonds is 1. The van der Waals surface area contributed by atoms with Crippen LogP contribution in [0.5, 0.6) is 0 Å². The number of imidazole rings is 1. The Labute approximate surface area is 101 Å². The third-order valence-corrected chi connectivity index (χ3v) is 3.02. The Balaban J connectivity index is 2.29. The summed E-state index contributed by atoms with van der Waals surface area (Å²) in [6, 6.07) is 16.8. The first-order chi connectivity index (χ1) is 8.25. The van der Waals surface area contributed by atoms with Crippen LogP contribution in [0.4, 0.5) is 0 Å². The second kappa shape index (κ2) is 3.74. The molecule has 3 rings (SSSR count). The molecule has 0 unspecified atom stereocenters. The minimum atomic E-state index is 1.02. The zero-order chi connectivity index (χ0) is 11.8. The zero-order valence-electron chi connectivity index (χ0n) is 10.0. The van der Waals surface area contributed by atoms with E-state index in [1.807, 2.05) is 25.1 Å². The summed E-state index contributed by atoms with van der Waals surface area (Å²) in [5, 5.41) is 0. The summed E-state index contributed by atoms with van der Waals surface area (Å²) in [4.78, 5) is 4.57. The van der Waals surface area contributed by atoms with E-state index in [-0.39, 0.29) is 0 Å². The highest BCUT2D eigenvalue weighted by Gasteiger charge is 2.07. The fourth-order valence-corrected chi connectivity index (χ4v) is 2.17. The maximum absolute atomic E-state index is 4.57. The lowest BCUT2D eigenvalue weighted by atomic mass is 10.2. The Bertz CT molecular complexity index is 663. The van der Waals surface area contributed by atoms with Crippen molar-refractivity contribution < 1.29 is 0 Å². The van der Waals surface area contributed by atoms with Gasteiger partial charge in [-0.05, 0) is 38.1 Å². The first kappa shape index (κ1) is 10.1. The molecule has 2 heteroatoms. The van der Waals surface area contributed by atoms with Crippen molar-refractivity contribution in [2.24, 2.45) is 0 Å². The Kier molecular flexibility index (Phi) is 2.22. The lowest BCUT2D eigenvalue weighted by Crippen LogP contribution is -1.96. The second-order valence-corrected chi connectivity index (χ2v) is 4.32. The van der Waals surface area contributed by atoms with Crippen LogP contribution in [0, 0.1) is 13.8 Å². The minimum absolute atomic E-state index is 1.02. The Morgan fingerprint density at radius 1 is 0.882 bits per heavy atom. The Morgan fingerprint density at radius 3 is 2.35 bits per heavy atom. The van der Waals surface area contributed by atoms with E-state index in [1.54, 1.807) is 0 Å². The van der Waals surface area contributed by atoms with Gasteiger partial charge in [-0.15, -0.1) is 0 Å². The van der Waals surface area contributed by atoms with Crippen LogP contribution in [0.3, 0.4) is 0 Å². The predicted molar refractivity (Wildman–Crippen MR) is 70.5 cm³/mol. The lowest BCUT2D eigenvalue weighted by Gasteiger charge is -2.06. The fraction of sp³-hybridized carbons (Fsp3) is 0.133. The summed E-state index contributed by atoms with van der Waals surface area (Å²) in [6.45, 7) is 4.14. The lowest BCUT2D eigenvalue weighted by molar-refractivity contribution is 1.000. The van der Waals surface area contributed by atoms with Crippen LogP contribution in [-0.4, -0.2) is 9.55 Å². The van der Waals surface area contributed by atoms with E-state index in [0.29, 0.717) is 0 Å². The highest BCUT2D eigenvalue weighted by atomic mass is 15.1. The first-order valence-electron chi connectivity index (χ1n) is 5.77. The summed E-state index contributed by atoms with van der Waals surface area (Å²) in [5.41, 5.74) is 4.65. The van der Waals surface area contributed by atoms with Crippen LogP contribution in [-0.2, 0) is 0 Å². The van der Waals surface area contributed by atoms with Crippen LogP contribution >= 0.6 is 0 Å². The molecule has 3 aromatic rings. The van der Waals surface area contributed by atoms with Crippen LogP contribution in [0.15, 0.2) is 48.5 Å². The smallest absolute Gasteiger partial charge is 0.111 e. The average Bonchev–Trinajstić information content (AvgIpc) is 2.66. The molecule has 2 aromatic carbocycles. The van der Waals surface area contributed by atoms with E-state index < -0.39 is 0 Å². The highest BCUT2D eigenvalue weighted by Crippen LogP contribution is 2.21. The standard InChI is InChI=1S/C15H14N2/c1-11-7-9-13(10-8-11)17-12(2)16-14-5-3-4-6-15(14)17/h3-10H,1-2H3. The molecule has 0 aliphatic carbocycles. The molecule has 0 fully saturated rings. The summed E-state index contributed by atoms with van der Waals surface area (Å²) in [7, 11) is 0. The normalized spacial score (nSPS) is 10.9. The van der Waals surface area contributed by atoms with Gasteiger partial charge in [0.05, 0.1) is 11.0 Å². The van der Waals surface area contributed by atoms with Gasteiger partial charge in [0.1, 0.15) is 5.82 Å². The molecule has 0 radical (unpaired) electrons. The molecule has 2 nitrogen and oxygen atoms in total. The van der Waals surface area contributed by atoms with E-state index in [0.717, 1.165) is 16.9 Å². The van der Waals surface area contributed by atoms with Gasteiger partial charge in [-0.25, -0.2) is 4.98 Å². The maximum atomic E-state index is 4.57. The second-order valence-electron chi connectivity index (χ2n) is 4.32. The largest absolute Gasteiger partial charge is 0.297 e. The summed E-state index contributed by atoms with van der Waals surface area (Å²) in [6.07, 6.45) is 0. The SMILES string of the molecule is Cc1ccc(-n2c(C)nc3ccccc32)cc1. The average molecular weight is 222 g/mol. The van der Waals surface area contributed by atoms with Gasteiger partial charge < -0.3 is 0 Å². The number of nitrogens with zero attached hydrogens (tertiary/aromatic N) is 2. The molecule has 0 aliphatic rings. The maximum Gasteiger partial charge on any atom is 0.111 e. The van der Waals surface area contributed by atoms with Gasteiger partial charge in [-0.2, -0.15) is 0 Å². The topological polar surface area (TPSA) is 17.8 Å². The molecule has 1 heterocycles. The van der Waals surface area contributed by atoms with Crippen molar-refractivity contribution in [1.29, 1.82) is 0 Å². The van der Waals surface area contributed by atoms with Crippen LogP contribution in [0.2, 0.25) is 0 Å². The number of aromatic nitrogens is 2. The van der Waals surface area contributed by atoms with E-state index in [9.17, 15) is 0 Å². The molecule has 0 bridgehead atoms. The van der Waals surface area contributed by atoms with Gasteiger partial charge in [0, 0.05) is 5.69 Å². The number of para-hydroxylation sites is 2. The van der Waals surface area contributed by atoms with Gasteiger partial charge in [-0.3, -0.25) is 4.57 Å². The number of hydrogen-bond acceptors (Lipinski definition) is 1. The molecule has 84 valence electrons. The van der Waals surface area contributed by atoms with Crippen molar-refractivity contribution in [1.82, 2.24) is 9.55 Å². The molecule has 0 saturated carbocycles. The van der Waals surface area contributed by atoms with Crippen LogP contribution in [0.25, 0.3) is 16.7 Å². The summed E-state index contributed by atoms with van der Waals surface area (Å²) >= 11 is 0. The molecule has 0 N–H and O–H groups in total. The van der Waals surface area contributed by atoms with Crippen LogP contribution in [0.1, 0.15) is 11.4 Å². The molecule has 0 saturated heterocycles. The monoisotopic (exact) mass is 222 g/mol. The van der Waals surface area contributed by atoms with Gasteiger partial charge in [0.15, 0.2) is 0 Å². The van der Waals surface area contributed by atoms with Gasteiger partial charge >= 0.3 is 0 Å². The van der Waals surface area contributed by atoms with E-state index in [2.05, 4.69) is 46.8 Å². The molecule has 0 aliphatic heterocycles. The predicted octanol–water partition coefficient (Wildman–Crippen LogP) is 3.64. The van der Waals surface area contributed by atoms with E-state index in [1.165, 1.54) is 11.3 Å².